The third-order valence-corrected chi connectivity index (χ3v) is 6.60. The number of rotatable bonds is 7. The predicted molar refractivity (Wildman–Crippen MR) is 130 cm³/mol. The van der Waals surface area contributed by atoms with E-state index < -0.39 is 6.04 Å². The fourth-order valence-corrected chi connectivity index (χ4v) is 4.55. The summed E-state index contributed by atoms with van der Waals surface area (Å²) in [6, 6.07) is 11.5. The molecule has 3 unspecified atom stereocenters. The van der Waals surface area contributed by atoms with Crippen molar-refractivity contribution >= 4 is 22.7 Å². The molecule has 0 spiro atoms. The van der Waals surface area contributed by atoms with Crippen LogP contribution < -0.4 is 10.6 Å². The van der Waals surface area contributed by atoms with Crippen molar-refractivity contribution in [2.24, 2.45) is 5.92 Å². The summed E-state index contributed by atoms with van der Waals surface area (Å²) < 4.78 is 2.13. The van der Waals surface area contributed by atoms with Crippen molar-refractivity contribution in [3.05, 3.63) is 60.6 Å². The van der Waals surface area contributed by atoms with E-state index in [2.05, 4.69) is 50.6 Å². The Hall–Kier alpha value is -3.19. The van der Waals surface area contributed by atoms with Gasteiger partial charge in [-0.25, -0.2) is 0 Å². The summed E-state index contributed by atoms with van der Waals surface area (Å²) in [4.78, 5) is 32.5. The second-order valence-electron chi connectivity index (χ2n) is 9.15. The van der Waals surface area contributed by atoms with Crippen molar-refractivity contribution in [3.8, 4) is 5.69 Å². The Morgan fingerprint density at radius 3 is 2.67 bits per heavy atom. The first-order valence-corrected chi connectivity index (χ1v) is 11.7. The standard InChI is InChI=1S/C26H33N5O2/c1-17(2)24(29-25(32)18(3)27-4)26(33)31-12-7-10-23(31)20-14-21(16-28-15-20)30-13-11-19-8-5-6-9-22(19)30/h5-6,8-9,11,13-18,23-24,27H,7,10,12H2,1-4H3,(H,29,32). The SMILES string of the molecule is CNC(C)C(=O)NC(C(=O)N1CCCC1c1cncc(-n2ccc3ccccc32)c1)C(C)C. The zero-order valence-electron chi connectivity index (χ0n) is 19.8. The summed E-state index contributed by atoms with van der Waals surface area (Å²) in [7, 11) is 1.74. The first-order valence-electron chi connectivity index (χ1n) is 11.7. The number of fused-ring (bicyclic) bond motifs is 1. The number of para-hydroxylation sites is 1. The number of amides is 2. The monoisotopic (exact) mass is 447 g/mol. The lowest BCUT2D eigenvalue weighted by Gasteiger charge is -2.32. The summed E-state index contributed by atoms with van der Waals surface area (Å²) in [5, 5.41) is 7.07. The first-order chi connectivity index (χ1) is 15.9. The van der Waals surface area contributed by atoms with Crippen LogP contribution in [0.1, 0.15) is 45.2 Å². The van der Waals surface area contributed by atoms with Gasteiger partial charge in [0.15, 0.2) is 0 Å². The molecule has 2 N–H and O–H groups in total. The molecule has 3 heterocycles. The van der Waals surface area contributed by atoms with Crippen LogP contribution in [0.5, 0.6) is 0 Å². The number of benzene rings is 1. The lowest BCUT2D eigenvalue weighted by atomic mass is 10.00. The quantitative estimate of drug-likeness (QED) is 0.582. The molecule has 1 aromatic carbocycles. The van der Waals surface area contributed by atoms with Gasteiger partial charge in [-0.1, -0.05) is 32.0 Å². The zero-order valence-corrected chi connectivity index (χ0v) is 19.8. The Morgan fingerprint density at radius 1 is 1.12 bits per heavy atom. The van der Waals surface area contributed by atoms with Crippen LogP contribution in [-0.4, -0.2) is 51.9 Å². The van der Waals surface area contributed by atoms with Crippen LogP contribution in [0.2, 0.25) is 0 Å². The minimum Gasteiger partial charge on any atom is -0.343 e. The van der Waals surface area contributed by atoms with Gasteiger partial charge in [0.05, 0.1) is 29.5 Å². The van der Waals surface area contributed by atoms with Crippen molar-refractivity contribution < 1.29 is 9.59 Å². The van der Waals surface area contributed by atoms with Gasteiger partial charge < -0.3 is 20.1 Å². The van der Waals surface area contributed by atoms with Crippen molar-refractivity contribution in [1.82, 2.24) is 25.1 Å². The van der Waals surface area contributed by atoms with Gasteiger partial charge in [0.2, 0.25) is 11.8 Å². The molecule has 174 valence electrons. The summed E-state index contributed by atoms with van der Waals surface area (Å²) >= 11 is 0. The number of hydrogen-bond acceptors (Lipinski definition) is 4. The summed E-state index contributed by atoms with van der Waals surface area (Å²) in [5.41, 5.74) is 3.12. The maximum Gasteiger partial charge on any atom is 0.245 e. The van der Waals surface area contributed by atoms with Crippen LogP contribution in [0.25, 0.3) is 16.6 Å². The van der Waals surface area contributed by atoms with Crippen LogP contribution in [0.3, 0.4) is 0 Å². The van der Waals surface area contributed by atoms with Crippen molar-refractivity contribution in [1.29, 1.82) is 0 Å². The number of likely N-dealkylation sites (N-methyl/N-ethyl adjacent to an activating group) is 1. The van der Waals surface area contributed by atoms with E-state index in [0.29, 0.717) is 6.54 Å². The van der Waals surface area contributed by atoms with Crippen LogP contribution in [0, 0.1) is 5.92 Å². The molecule has 0 saturated carbocycles. The molecule has 4 rings (SSSR count). The van der Waals surface area contributed by atoms with Gasteiger partial charge >= 0.3 is 0 Å². The highest BCUT2D eigenvalue weighted by Crippen LogP contribution is 2.34. The number of hydrogen-bond donors (Lipinski definition) is 2. The Kier molecular flexibility index (Phi) is 6.79. The molecule has 7 nitrogen and oxygen atoms in total. The van der Waals surface area contributed by atoms with Gasteiger partial charge in [0.1, 0.15) is 6.04 Å². The molecular weight excluding hydrogens is 414 g/mol. The van der Waals surface area contributed by atoms with Gasteiger partial charge in [-0.05, 0) is 61.9 Å². The molecule has 0 bridgehead atoms. The van der Waals surface area contributed by atoms with E-state index in [1.165, 1.54) is 5.39 Å². The number of likely N-dealkylation sites (tertiary alicyclic amines) is 1. The molecule has 2 amide bonds. The third kappa shape index (κ3) is 4.64. The number of pyridine rings is 1. The van der Waals surface area contributed by atoms with Crippen molar-refractivity contribution in [3.63, 3.8) is 0 Å². The summed E-state index contributed by atoms with van der Waals surface area (Å²) in [6.07, 6.45) is 7.58. The minimum absolute atomic E-state index is 0.0116. The van der Waals surface area contributed by atoms with Gasteiger partial charge in [0, 0.05) is 18.9 Å². The molecule has 2 aromatic heterocycles. The average molecular weight is 448 g/mol. The number of nitrogens with one attached hydrogen (secondary N) is 2. The Balaban J connectivity index is 1.60. The molecule has 1 saturated heterocycles. The molecular formula is C26H33N5O2. The molecule has 33 heavy (non-hydrogen) atoms. The fourth-order valence-electron chi connectivity index (χ4n) is 4.55. The third-order valence-electron chi connectivity index (χ3n) is 6.60. The molecule has 0 aliphatic carbocycles. The molecule has 3 aromatic rings. The second-order valence-corrected chi connectivity index (χ2v) is 9.15. The van der Waals surface area contributed by atoms with Crippen LogP contribution >= 0.6 is 0 Å². The maximum absolute atomic E-state index is 13.6. The normalized spacial score (nSPS) is 18.0. The van der Waals surface area contributed by atoms with Crippen LogP contribution in [0.4, 0.5) is 0 Å². The van der Waals surface area contributed by atoms with E-state index in [4.69, 9.17) is 0 Å². The molecule has 0 radical (unpaired) electrons. The lowest BCUT2D eigenvalue weighted by molar-refractivity contribution is -0.138. The van der Waals surface area contributed by atoms with E-state index in [0.717, 1.165) is 29.6 Å². The molecule has 1 fully saturated rings. The Bertz CT molecular complexity index is 1140. The van der Waals surface area contributed by atoms with E-state index in [1.54, 1.807) is 14.0 Å². The topological polar surface area (TPSA) is 79.3 Å². The van der Waals surface area contributed by atoms with Gasteiger partial charge in [-0.2, -0.15) is 0 Å². The summed E-state index contributed by atoms with van der Waals surface area (Å²) in [5.74, 6) is -0.202. The Labute approximate surface area is 195 Å². The number of carbonyl (C=O) groups is 2. The van der Waals surface area contributed by atoms with E-state index in [1.807, 2.05) is 43.3 Å². The number of carbonyl (C=O) groups excluding carboxylic acids is 2. The summed E-state index contributed by atoms with van der Waals surface area (Å²) in [6.45, 7) is 6.41. The smallest absolute Gasteiger partial charge is 0.245 e. The minimum atomic E-state index is -0.557. The fraction of sp³-hybridized carbons (Fsp3) is 0.423. The van der Waals surface area contributed by atoms with Crippen LogP contribution in [-0.2, 0) is 9.59 Å². The second kappa shape index (κ2) is 9.75. The molecule has 1 aliphatic heterocycles. The van der Waals surface area contributed by atoms with E-state index in [9.17, 15) is 9.59 Å². The zero-order chi connectivity index (χ0) is 23.5. The van der Waals surface area contributed by atoms with E-state index >= 15 is 0 Å². The highest BCUT2D eigenvalue weighted by atomic mass is 16.2. The molecule has 3 atom stereocenters. The molecule has 1 aliphatic rings. The van der Waals surface area contributed by atoms with Crippen molar-refractivity contribution in [2.45, 2.75) is 51.7 Å². The maximum atomic E-state index is 13.6. The van der Waals surface area contributed by atoms with Crippen molar-refractivity contribution in [2.75, 3.05) is 13.6 Å². The first kappa shape index (κ1) is 23.0. The predicted octanol–water partition coefficient (Wildman–Crippen LogP) is 3.44. The van der Waals surface area contributed by atoms with E-state index in [-0.39, 0.29) is 29.8 Å². The average Bonchev–Trinajstić information content (AvgIpc) is 3.49. The highest BCUT2D eigenvalue weighted by molar-refractivity contribution is 5.90. The van der Waals surface area contributed by atoms with Gasteiger partial charge in [-0.15, -0.1) is 0 Å². The van der Waals surface area contributed by atoms with Gasteiger partial charge in [-0.3, -0.25) is 14.6 Å². The lowest BCUT2D eigenvalue weighted by Crippen LogP contribution is -2.54. The highest BCUT2D eigenvalue weighted by Gasteiger charge is 2.36. The van der Waals surface area contributed by atoms with Crippen LogP contribution in [0.15, 0.2) is 55.0 Å². The number of aromatic nitrogens is 2. The number of nitrogens with zero attached hydrogens (tertiary/aromatic N) is 3. The largest absolute Gasteiger partial charge is 0.343 e. The van der Waals surface area contributed by atoms with Gasteiger partial charge in [0.25, 0.3) is 0 Å². The Morgan fingerprint density at radius 2 is 1.91 bits per heavy atom. The molecule has 7 heteroatoms.